The van der Waals surface area contributed by atoms with Gasteiger partial charge < -0.3 is 20.7 Å². The van der Waals surface area contributed by atoms with Crippen LogP contribution in [0, 0.1) is 5.41 Å². The number of hydrogen-bond acceptors (Lipinski definition) is 7. The van der Waals surface area contributed by atoms with E-state index in [4.69, 9.17) is 15.9 Å². The summed E-state index contributed by atoms with van der Waals surface area (Å²) in [5, 5.41) is 12.0. The van der Waals surface area contributed by atoms with Crippen molar-refractivity contribution < 1.29 is 9.53 Å². The molecule has 1 aromatic heterocycles. The summed E-state index contributed by atoms with van der Waals surface area (Å²) < 4.78 is 5.83. The maximum Gasteiger partial charge on any atom is 0.246 e. The number of rotatable bonds is 8. The largest absolute Gasteiger partial charge is 0.457 e. The topological polar surface area (TPSA) is 117 Å². The van der Waals surface area contributed by atoms with E-state index >= 15 is 0 Å². The quantitative estimate of drug-likeness (QED) is 0.360. The number of nitrogens with zero attached hydrogens (tertiary/aromatic N) is 3. The van der Waals surface area contributed by atoms with Crippen LogP contribution in [-0.4, -0.2) is 45.6 Å². The first-order valence-corrected chi connectivity index (χ1v) is 10.8. The van der Waals surface area contributed by atoms with Gasteiger partial charge in [-0.15, -0.1) is 0 Å². The van der Waals surface area contributed by atoms with Crippen molar-refractivity contribution in [1.82, 2.24) is 14.9 Å². The molecule has 0 saturated carbocycles. The standard InChI is InChI=1S/C25H26N6O2/c1-2-21(32)31-14-6-7-18(31)15-28-25-22(24(27)29-16-30-25)23(26)17-10-12-20(13-11-17)33-19-8-4-3-5-9-19/h2-5,8-13,16,18,26H,1,6-7,14-15H2,(H3,27,28,29,30)/t18-/m1/s1. The predicted molar refractivity (Wildman–Crippen MR) is 129 cm³/mol. The van der Waals surface area contributed by atoms with Gasteiger partial charge in [0.25, 0.3) is 0 Å². The summed E-state index contributed by atoms with van der Waals surface area (Å²) in [5.41, 5.74) is 7.42. The Morgan fingerprint density at radius 1 is 1.18 bits per heavy atom. The summed E-state index contributed by atoms with van der Waals surface area (Å²) in [7, 11) is 0. The van der Waals surface area contributed by atoms with Gasteiger partial charge in [0, 0.05) is 24.7 Å². The monoisotopic (exact) mass is 442 g/mol. The van der Waals surface area contributed by atoms with Gasteiger partial charge >= 0.3 is 0 Å². The lowest BCUT2D eigenvalue weighted by atomic mass is 10.0. The molecule has 1 saturated heterocycles. The highest BCUT2D eigenvalue weighted by molar-refractivity contribution is 6.16. The molecule has 4 N–H and O–H groups in total. The maximum absolute atomic E-state index is 12.1. The number of amides is 1. The molecule has 0 radical (unpaired) electrons. The number of nitrogens with two attached hydrogens (primary N) is 1. The van der Waals surface area contributed by atoms with Crippen LogP contribution in [0.5, 0.6) is 11.5 Å². The van der Waals surface area contributed by atoms with Gasteiger partial charge in [-0.3, -0.25) is 10.2 Å². The number of hydrogen-bond donors (Lipinski definition) is 3. The van der Waals surface area contributed by atoms with Crippen molar-refractivity contribution in [3.63, 3.8) is 0 Å². The minimum Gasteiger partial charge on any atom is -0.457 e. The highest BCUT2D eigenvalue weighted by Gasteiger charge is 2.27. The van der Waals surface area contributed by atoms with E-state index in [1.54, 1.807) is 29.2 Å². The van der Waals surface area contributed by atoms with Gasteiger partial charge in [-0.1, -0.05) is 24.8 Å². The zero-order valence-electron chi connectivity index (χ0n) is 18.2. The molecule has 0 spiro atoms. The zero-order valence-corrected chi connectivity index (χ0v) is 18.2. The second-order valence-electron chi connectivity index (χ2n) is 7.71. The number of nitrogen functional groups attached to an aromatic ring is 1. The SMILES string of the molecule is C=CC(=O)N1CCC[C@@H]1CNc1ncnc(N)c1C(=N)c1ccc(Oc2ccccc2)cc1. The Bertz CT molecular complexity index is 1150. The lowest BCUT2D eigenvalue weighted by molar-refractivity contribution is -0.126. The van der Waals surface area contributed by atoms with Crippen LogP contribution in [0.15, 0.2) is 73.6 Å². The first-order valence-electron chi connectivity index (χ1n) is 10.8. The van der Waals surface area contributed by atoms with Gasteiger partial charge in [0.1, 0.15) is 29.5 Å². The van der Waals surface area contributed by atoms with Gasteiger partial charge in [-0.2, -0.15) is 0 Å². The molecular formula is C25H26N6O2. The fraction of sp³-hybridized carbons (Fsp3) is 0.200. The molecule has 168 valence electrons. The molecule has 1 aliphatic rings. The smallest absolute Gasteiger partial charge is 0.246 e. The van der Waals surface area contributed by atoms with E-state index in [0.29, 0.717) is 35.8 Å². The second-order valence-corrected chi connectivity index (χ2v) is 7.71. The van der Waals surface area contributed by atoms with Crippen molar-refractivity contribution in [2.75, 3.05) is 24.1 Å². The summed E-state index contributed by atoms with van der Waals surface area (Å²) in [6.45, 7) is 4.80. The van der Waals surface area contributed by atoms with E-state index in [2.05, 4.69) is 21.9 Å². The fourth-order valence-corrected chi connectivity index (χ4v) is 3.91. The minimum absolute atomic E-state index is 0.0307. The zero-order chi connectivity index (χ0) is 23.2. The van der Waals surface area contributed by atoms with Crippen LogP contribution in [0.4, 0.5) is 11.6 Å². The third kappa shape index (κ3) is 5.01. The molecule has 0 bridgehead atoms. The molecule has 1 aliphatic heterocycles. The average Bonchev–Trinajstić information content (AvgIpc) is 3.32. The molecule has 1 atom stereocenters. The minimum atomic E-state index is -0.0766. The Morgan fingerprint density at radius 3 is 2.64 bits per heavy atom. The van der Waals surface area contributed by atoms with Gasteiger partial charge in [-0.25, -0.2) is 9.97 Å². The van der Waals surface area contributed by atoms with Crippen molar-refractivity contribution in [3.05, 3.63) is 84.7 Å². The van der Waals surface area contributed by atoms with E-state index in [1.165, 1.54) is 12.4 Å². The van der Waals surface area contributed by atoms with Crippen LogP contribution < -0.4 is 15.8 Å². The lowest BCUT2D eigenvalue weighted by Crippen LogP contribution is -2.38. The van der Waals surface area contributed by atoms with E-state index in [-0.39, 0.29) is 23.5 Å². The lowest BCUT2D eigenvalue weighted by Gasteiger charge is -2.24. The van der Waals surface area contributed by atoms with Crippen LogP contribution >= 0.6 is 0 Å². The normalized spacial score (nSPS) is 15.2. The van der Waals surface area contributed by atoms with Crippen LogP contribution in [0.25, 0.3) is 0 Å². The van der Waals surface area contributed by atoms with Gasteiger partial charge in [0.05, 0.1) is 11.3 Å². The van der Waals surface area contributed by atoms with Crippen molar-refractivity contribution >= 4 is 23.3 Å². The first kappa shape index (κ1) is 22.0. The summed E-state index contributed by atoms with van der Waals surface area (Å²) in [6, 6.07) is 16.8. The number of para-hydroxylation sites is 1. The predicted octanol–water partition coefficient (Wildman–Crippen LogP) is 3.86. The van der Waals surface area contributed by atoms with Crippen LogP contribution in [0.3, 0.4) is 0 Å². The molecule has 8 heteroatoms. The van der Waals surface area contributed by atoms with E-state index < -0.39 is 0 Å². The molecule has 0 unspecified atom stereocenters. The maximum atomic E-state index is 12.1. The van der Waals surface area contributed by atoms with Gasteiger partial charge in [0.15, 0.2) is 0 Å². The third-order valence-electron chi connectivity index (χ3n) is 5.59. The Labute approximate surface area is 192 Å². The van der Waals surface area contributed by atoms with E-state index in [9.17, 15) is 4.79 Å². The molecule has 3 aromatic rings. The number of likely N-dealkylation sites (tertiary alicyclic amines) is 1. The number of benzene rings is 2. The fourth-order valence-electron chi connectivity index (χ4n) is 3.91. The molecular weight excluding hydrogens is 416 g/mol. The van der Waals surface area contributed by atoms with Crippen LogP contribution in [0.1, 0.15) is 24.0 Å². The Kier molecular flexibility index (Phi) is 6.64. The number of carbonyl (C=O) groups is 1. The summed E-state index contributed by atoms with van der Waals surface area (Å²) >= 11 is 0. The number of nitrogens with one attached hydrogen (secondary N) is 2. The van der Waals surface area contributed by atoms with E-state index in [0.717, 1.165) is 18.6 Å². The molecule has 2 aromatic carbocycles. The van der Waals surface area contributed by atoms with Crippen LogP contribution in [0.2, 0.25) is 0 Å². The van der Waals surface area contributed by atoms with Crippen LogP contribution in [-0.2, 0) is 4.79 Å². The Hall–Kier alpha value is -4.20. The molecule has 33 heavy (non-hydrogen) atoms. The summed E-state index contributed by atoms with van der Waals surface area (Å²) in [4.78, 5) is 22.3. The number of ether oxygens (including phenoxy) is 1. The molecule has 8 nitrogen and oxygen atoms in total. The number of carbonyl (C=O) groups excluding carboxylic acids is 1. The molecule has 0 aliphatic carbocycles. The highest BCUT2D eigenvalue weighted by Crippen LogP contribution is 2.26. The highest BCUT2D eigenvalue weighted by atomic mass is 16.5. The third-order valence-corrected chi connectivity index (χ3v) is 5.59. The molecule has 1 amide bonds. The Morgan fingerprint density at radius 2 is 1.91 bits per heavy atom. The Balaban J connectivity index is 1.50. The number of anilines is 2. The first-order chi connectivity index (χ1) is 16.1. The summed E-state index contributed by atoms with van der Waals surface area (Å²) in [5.74, 6) is 2.01. The van der Waals surface area contributed by atoms with Gasteiger partial charge in [0.2, 0.25) is 5.91 Å². The van der Waals surface area contributed by atoms with E-state index in [1.807, 2.05) is 30.3 Å². The van der Waals surface area contributed by atoms with Crippen molar-refractivity contribution in [2.45, 2.75) is 18.9 Å². The van der Waals surface area contributed by atoms with Crippen molar-refractivity contribution in [1.29, 1.82) is 5.41 Å². The molecule has 4 rings (SSSR count). The van der Waals surface area contributed by atoms with Gasteiger partial charge in [-0.05, 0) is 55.3 Å². The second kappa shape index (κ2) is 9.95. The molecule has 1 fully saturated rings. The molecule has 2 heterocycles. The summed E-state index contributed by atoms with van der Waals surface area (Å²) in [6.07, 6.45) is 4.54. The van der Waals surface area contributed by atoms with Crippen molar-refractivity contribution in [3.8, 4) is 11.5 Å². The van der Waals surface area contributed by atoms with Crippen molar-refractivity contribution in [2.24, 2.45) is 0 Å². The average molecular weight is 443 g/mol. The number of aromatic nitrogens is 2.